The van der Waals surface area contributed by atoms with E-state index in [2.05, 4.69) is 25.4 Å². The molecule has 5 heterocycles. The van der Waals surface area contributed by atoms with Gasteiger partial charge in [0, 0.05) is 53.9 Å². The first-order valence-corrected chi connectivity index (χ1v) is 13.5. The zero-order chi connectivity index (χ0) is 28.2. The van der Waals surface area contributed by atoms with E-state index in [9.17, 15) is 4.79 Å². The number of rotatable bonds is 5. The molecule has 4 aromatic heterocycles. The second-order valence-corrected chi connectivity index (χ2v) is 10.5. The molecule has 0 saturated carbocycles. The lowest BCUT2D eigenvalue weighted by Crippen LogP contribution is -2.23. The van der Waals surface area contributed by atoms with Crippen LogP contribution in [0.2, 0.25) is 5.15 Å². The molecule has 0 unspecified atom stereocenters. The number of benzene rings is 2. The molecular formula is C31H25ClN8O. The molecule has 9 nitrogen and oxygen atoms in total. The van der Waals surface area contributed by atoms with E-state index in [0.717, 1.165) is 55.8 Å². The Balaban J connectivity index is 1.26. The van der Waals surface area contributed by atoms with Gasteiger partial charge in [0.05, 0.1) is 23.4 Å². The molecule has 1 aliphatic heterocycles. The summed E-state index contributed by atoms with van der Waals surface area (Å²) in [7, 11) is 1.89. The van der Waals surface area contributed by atoms with E-state index in [-0.39, 0.29) is 5.91 Å². The number of para-hydroxylation sites is 1. The van der Waals surface area contributed by atoms with E-state index in [0.29, 0.717) is 29.0 Å². The van der Waals surface area contributed by atoms with E-state index in [4.69, 9.17) is 16.6 Å². The lowest BCUT2D eigenvalue weighted by molar-refractivity contribution is 0.0997. The Kier molecular flexibility index (Phi) is 5.83. The highest BCUT2D eigenvalue weighted by molar-refractivity contribution is 6.29. The Morgan fingerprint density at radius 1 is 1.00 bits per heavy atom. The zero-order valence-corrected chi connectivity index (χ0v) is 23.4. The fourth-order valence-corrected chi connectivity index (χ4v) is 5.61. The van der Waals surface area contributed by atoms with Crippen LogP contribution >= 0.6 is 11.6 Å². The number of aryl methyl sites for hydroxylation is 3. The molecule has 202 valence electrons. The fraction of sp³-hybridized carbons (Fsp3) is 0.129. The van der Waals surface area contributed by atoms with E-state index >= 15 is 0 Å². The number of amides is 1. The Morgan fingerprint density at radius 2 is 1.83 bits per heavy atom. The number of hydrogen-bond donors (Lipinski definition) is 2. The molecule has 2 N–H and O–H groups in total. The summed E-state index contributed by atoms with van der Waals surface area (Å²) in [5.41, 5.74) is 8.92. The number of pyridine rings is 1. The number of fused-ring (bicyclic) bond motifs is 2. The number of nitrogens with zero attached hydrogens (tertiary/aromatic N) is 6. The fourth-order valence-electron chi connectivity index (χ4n) is 5.44. The highest BCUT2D eigenvalue weighted by Gasteiger charge is 2.32. The number of carbonyl (C=O) groups excluding carboxylic acids is 1. The molecule has 0 radical (unpaired) electrons. The van der Waals surface area contributed by atoms with Gasteiger partial charge in [-0.25, -0.2) is 15.0 Å². The number of halogens is 1. The first-order valence-electron chi connectivity index (χ1n) is 13.1. The molecule has 10 heteroatoms. The van der Waals surface area contributed by atoms with Gasteiger partial charge < -0.3 is 15.2 Å². The average molecular weight is 561 g/mol. The summed E-state index contributed by atoms with van der Waals surface area (Å²) in [5.74, 6) is 1.10. The van der Waals surface area contributed by atoms with Crippen molar-refractivity contribution < 1.29 is 4.79 Å². The van der Waals surface area contributed by atoms with Crippen molar-refractivity contribution in [3.05, 3.63) is 101 Å². The van der Waals surface area contributed by atoms with Crippen LogP contribution in [0, 0.1) is 13.8 Å². The van der Waals surface area contributed by atoms with Crippen LogP contribution in [0.5, 0.6) is 0 Å². The average Bonchev–Trinajstić information content (AvgIpc) is 3.64. The van der Waals surface area contributed by atoms with Gasteiger partial charge in [-0.2, -0.15) is 5.10 Å². The molecular weight excluding hydrogens is 536 g/mol. The third kappa shape index (κ3) is 4.22. The largest absolute Gasteiger partial charge is 0.359 e. The summed E-state index contributed by atoms with van der Waals surface area (Å²) in [6.07, 6.45) is 5.42. The molecule has 1 amide bonds. The quantitative estimate of drug-likeness (QED) is 0.230. The SMILES string of the molecule is Cc1cnc(Nc2cc(C)n(C)n2)nc1-c1c[nH]c2c(N3Cc4c(cccc4-c4ccnc(Cl)c4)C3=O)cccc12. The van der Waals surface area contributed by atoms with Crippen LogP contribution in [0.4, 0.5) is 17.5 Å². The number of hydrogen-bond acceptors (Lipinski definition) is 6. The summed E-state index contributed by atoms with van der Waals surface area (Å²) in [6, 6.07) is 17.5. The van der Waals surface area contributed by atoms with Crippen LogP contribution in [0.1, 0.15) is 27.2 Å². The van der Waals surface area contributed by atoms with Crippen molar-refractivity contribution in [2.75, 3.05) is 10.2 Å². The molecule has 0 atom stereocenters. The van der Waals surface area contributed by atoms with Crippen molar-refractivity contribution in [2.45, 2.75) is 20.4 Å². The van der Waals surface area contributed by atoms with Crippen molar-refractivity contribution in [2.24, 2.45) is 7.05 Å². The minimum Gasteiger partial charge on any atom is -0.359 e. The summed E-state index contributed by atoms with van der Waals surface area (Å²) >= 11 is 6.18. The van der Waals surface area contributed by atoms with Gasteiger partial charge in [-0.1, -0.05) is 35.9 Å². The van der Waals surface area contributed by atoms with Crippen LogP contribution < -0.4 is 10.2 Å². The number of aromatic amines is 1. The molecule has 0 fully saturated rings. The number of anilines is 3. The van der Waals surface area contributed by atoms with Gasteiger partial charge in [-0.3, -0.25) is 9.48 Å². The maximum absolute atomic E-state index is 13.7. The van der Waals surface area contributed by atoms with Gasteiger partial charge in [-0.15, -0.1) is 0 Å². The van der Waals surface area contributed by atoms with Gasteiger partial charge in [0.15, 0.2) is 5.82 Å². The van der Waals surface area contributed by atoms with Gasteiger partial charge in [-0.05, 0) is 60.4 Å². The number of aromatic nitrogens is 6. The van der Waals surface area contributed by atoms with Gasteiger partial charge in [0.2, 0.25) is 5.95 Å². The Bertz CT molecular complexity index is 1970. The smallest absolute Gasteiger partial charge is 0.259 e. The number of nitrogens with one attached hydrogen (secondary N) is 2. The molecule has 0 spiro atoms. The van der Waals surface area contributed by atoms with Crippen LogP contribution in [0.25, 0.3) is 33.3 Å². The number of H-pyrrole nitrogens is 1. The highest BCUT2D eigenvalue weighted by atomic mass is 35.5. The number of carbonyl (C=O) groups is 1. The monoisotopic (exact) mass is 560 g/mol. The van der Waals surface area contributed by atoms with Crippen molar-refractivity contribution in [1.82, 2.24) is 29.7 Å². The van der Waals surface area contributed by atoms with Crippen LogP contribution in [-0.4, -0.2) is 35.6 Å². The molecule has 6 aromatic rings. The van der Waals surface area contributed by atoms with Crippen molar-refractivity contribution in [3.8, 4) is 22.4 Å². The normalized spacial score (nSPS) is 12.8. The van der Waals surface area contributed by atoms with Crippen molar-refractivity contribution >= 4 is 45.9 Å². The molecule has 0 bridgehead atoms. The molecule has 1 aliphatic rings. The lowest BCUT2D eigenvalue weighted by atomic mass is 9.98. The molecule has 0 saturated heterocycles. The first-order chi connectivity index (χ1) is 19.9. The summed E-state index contributed by atoms with van der Waals surface area (Å²) < 4.78 is 1.80. The zero-order valence-electron chi connectivity index (χ0n) is 22.6. The van der Waals surface area contributed by atoms with Crippen molar-refractivity contribution in [3.63, 3.8) is 0 Å². The standard InChI is InChI=1S/C31H25ClN8O/c1-17-14-35-31(36-27-12-18(2)39(3)38-27)37-28(17)23-15-34-29-21(23)7-5-9-25(29)40-16-24-20(6-4-8-22(24)30(40)41)19-10-11-33-26(32)13-19/h4-15,34H,16H2,1-3H3,(H,35,36,37,38). The van der Waals surface area contributed by atoms with Crippen LogP contribution in [-0.2, 0) is 13.6 Å². The minimum absolute atomic E-state index is 0.0407. The first kappa shape index (κ1) is 25.0. The Morgan fingerprint density at radius 3 is 2.63 bits per heavy atom. The van der Waals surface area contributed by atoms with E-state index in [1.54, 1.807) is 17.1 Å². The maximum atomic E-state index is 13.7. The lowest BCUT2D eigenvalue weighted by Gasteiger charge is -2.17. The third-order valence-corrected chi connectivity index (χ3v) is 7.78. The predicted octanol–water partition coefficient (Wildman–Crippen LogP) is 6.59. The molecule has 0 aliphatic carbocycles. The Labute approximate surface area is 240 Å². The second-order valence-electron chi connectivity index (χ2n) is 10.1. The Hall–Kier alpha value is -5.02. The summed E-state index contributed by atoms with van der Waals surface area (Å²) in [5, 5.41) is 9.04. The molecule has 2 aromatic carbocycles. The van der Waals surface area contributed by atoms with Crippen molar-refractivity contribution in [1.29, 1.82) is 0 Å². The molecule has 41 heavy (non-hydrogen) atoms. The summed E-state index contributed by atoms with van der Waals surface area (Å²) in [6.45, 7) is 4.42. The molecule has 7 rings (SSSR count). The third-order valence-electron chi connectivity index (χ3n) is 7.57. The van der Waals surface area contributed by atoms with E-state index < -0.39 is 0 Å². The van der Waals surface area contributed by atoms with E-state index in [1.807, 2.05) is 86.6 Å². The van der Waals surface area contributed by atoms with Gasteiger partial charge in [0.1, 0.15) is 5.15 Å². The van der Waals surface area contributed by atoms with E-state index in [1.165, 1.54) is 0 Å². The van der Waals surface area contributed by atoms with Crippen LogP contribution in [0.3, 0.4) is 0 Å². The maximum Gasteiger partial charge on any atom is 0.259 e. The second kappa shape index (κ2) is 9.57. The van der Waals surface area contributed by atoms with Gasteiger partial charge in [0.25, 0.3) is 5.91 Å². The highest BCUT2D eigenvalue weighted by Crippen LogP contribution is 2.40. The van der Waals surface area contributed by atoms with Crippen LogP contribution in [0.15, 0.2) is 73.2 Å². The summed E-state index contributed by atoms with van der Waals surface area (Å²) in [4.78, 5) is 32.4. The predicted molar refractivity (Wildman–Crippen MR) is 160 cm³/mol. The van der Waals surface area contributed by atoms with Gasteiger partial charge >= 0.3 is 0 Å². The minimum atomic E-state index is -0.0407. The topological polar surface area (TPSA) is 105 Å².